The highest BCUT2D eigenvalue weighted by molar-refractivity contribution is 5.88. The van der Waals surface area contributed by atoms with E-state index in [4.69, 9.17) is 0 Å². The van der Waals surface area contributed by atoms with Crippen LogP contribution in [0, 0.1) is 0 Å². The van der Waals surface area contributed by atoms with Gasteiger partial charge >= 0.3 is 0 Å². The topological polar surface area (TPSA) is 12.9 Å². The summed E-state index contributed by atoms with van der Waals surface area (Å²) in [6, 6.07) is 20.6. The first kappa shape index (κ1) is 10.7. The second kappa shape index (κ2) is 4.46. The van der Waals surface area contributed by atoms with E-state index in [-0.39, 0.29) is 0 Å². The van der Waals surface area contributed by atoms with Gasteiger partial charge in [-0.3, -0.25) is 4.98 Å². The van der Waals surface area contributed by atoms with Crippen LogP contribution in [0.1, 0.15) is 11.3 Å². The first-order valence-electron chi connectivity index (χ1n) is 5.94. The number of rotatable bonds is 2. The van der Waals surface area contributed by atoms with Crippen molar-refractivity contribution in [1.82, 2.24) is 4.98 Å². The minimum absolute atomic E-state index is 0.924. The van der Waals surface area contributed by atoms with Gasteiger partial charge in [-0.1, -0.05) is 49.0 Å². The maximum Gasteiger partial charge on any atom is 0.0702 e. The van der Waals surface area contributed by atoms with Gasteiger partial charge in [0.25, 0.3) is 0 Å². The average Bonchev–Trinajstić information content (AvgIpc) is 2.47. The smallest absolute Gasteiger partial charge is 0.0702 e. The fourth-order valence-corrected chi connectivity index (χ4v) is 2.07. The monoisotopic (exact) mass is 231 g/mol. The minimum Gasteiger partial charge on any atom is -0.256 e. The SMILES string of the molecule is C=C(c1ccc2ccccc2c1)c1ccccn1. The summed E-state index contributed by atoms with van der Waals surface area (Å²) in [6.45, 7) is 4.14. The van der Waals surface area contributed by atoms with Gasteiger partial charge in [-0.2, -0.15) is 0 Å². The lowest BCUT2D eigenvalue weighted by atomic mass is 10.00. The van der Waals surface area contributed by atoms with Crippen molar-refractivity contribution in [3.63, 3.8) is 0 Å². The molecule has 1 nitrogen and oxygen atoms in total. The van der Waals surface area contributed by atoms with E-state index in [1.807, 2.05) is 18.2 Å². The van der Waals surface area contributed by atoms with Gasteiger partial charge in [0.2, 0.25) is 0 Å². The number of hydrogen-bond acceptors (Lipinski definition) is 1. The summed E-state index contributed by atoms with van der Waals surface area (Å²) in [5.41, 5.74) is 3.00. The number of fused-ring (bicyclic) bond motifs is 1. The first-order chi connectivity index (χ1) is 8.84. The summed E-state index contributed by atoms with van der Waals surface area (Å²) in [7, 11) is 0. The van der Waals surface area contributed by atoms with Gasteiger partial charge in [-0.25, -0.2) is 0 Å². The molecule has 0 aliphatic heterocycles. The van der Waals surface area contributed by atoms with Gasteiger partial charge in [-0.05, 0) is 34.5 Å². The molecule has 0 bridgehead atoms. The maximum absolute atomic E-state index is 4.34. The molecule has 86 valence electrons. The van der Waals surface area contributed by atoms with E-state index in [9.17, 15) is 0 Å². The average molecular weight is 231 g/mol. The second-order valence-corrected chi connectivity index (χ2v) is 4.26. The van der Waals surface area contributed by atoms with Gasteiger partial charge in [0.15, 0.2) is 0 Å². The van der Waals surface area contributed by atoms with Crippen molar-refractivity contribution >= 4 is 16.3 Å². The molecule has 0 N–H and O–H groups in total. The molecule has 0 fully saturated rings. The Morgan fingerprint density at radius 1 is 0.833 bits per heavy atom. The van der Waals surface area contributed by atoms with Gasteiger partial charge in [0.1, 0.15) is 0 Å². The zero-order valence-corrected chi connectivity index (χ0v) is 10.0. The summed E-state index contributed by atoms with van der Waals surface area (Å²) < 4.78 is 0. The summed E-state index contributed by atoms with van der Waals surface area (Å²) in [6.07, 6.45) is 1.79. The number of hydrogen-bond donors (Lipinski definition) is 0. The summed E-state index contributed by atoms with van der Waals surface area (Å²) in [4.78, 5) is 4.34. The van der Waals surface area contributed by atoms with Crippen LogP contribution in [-0.2, 0) is 0 Å². The third-order valence-corrected chi connectivity index (χ3v) is 3.07. The fraction of sp³-hybridized carbons (Fsp3) is 0. The number of pyridine rings is 1. The first-order valence-corrected chi connectivity index (χ1v) is 5.94. The van der Waals surface area contributed by atoms with Crippen LogP contribution in [0.25, 0.3) is 16.3 Å². The van der Waals surface area contributed by atoms with Crippen LogP contribution in [-0.4, -0.2) is 4.98 Å². The van der Waals surface area contributed by atoms with Crippen molar-refractivity contribution in [2.45, 2.75) is 0 Å². The molecule has 3 aromatic rings. The molecule has 1 heterocycles. The Labute approximate surface area is 106 Å². The highest BCUT2D eigenvalue weighted by atomic mass is 14.7. The Kier molecular flexibility index (Phi) is 2.66. The molecule has 0 aliphatic rings. The largest absolute Gasteiger partial charge is 0.256 e. The molecule has 1 heteroatoms. The normalized spacial score (nSPS) is 10.4. The molecular weight excluding hydrogens is 218 g/mol. The van der Waals surface area contributed by atoms with E-state index in [2.05, 4.69) is 54.0 Å². The Bertz CT molecular complexity index is 699. The van der Waals surface area contributed by atoms with E-state index < -0.39 is 0 Å². The van der Waals surface area contributed by atoms with Crippen molar-refractivity contribution < 1.29 is 0 Å². The van der Waals surface area contributed by atoms with E-state index in [1.165, 1.54) is 10.8 Å². The molecule has 2 aromatic carbocycles. The van der Waals surface area contributed by atoms with Crippen LogP contribution in [0.2, 0.25) is 0 Å². The molecule has 0 aliphatic carbocycles. The van der Waals surface area contributed by atoms with Crippen molar-refractivity contribution in [2.75, 3.05) is 0 Å². The standard InChI is InChI=1S/C17H13N/c1-13(17-8-4-5-11-18-17)15-10-9-14-6-2-3-7-16(14)12-15/h2-12H,1H2. The molecule has 1 aromatic heterocycles. The Morgan fingerprint density at radius 3 is 2.39 bits per heavy atom. The number of aromatic nitrogens is 1. The van der Waals surface area contributed by atoms with Crippen LogP contribution in [0.4, 0.5) is 0 Å². The summed E-state index contributed by atoms with van der Waals surface area (Å²) in [5.74, 6) is 0. The van der Waals surface area contributed by atoms with Crippen molar-refractivity contribution in [3.05, 3.63) is 84.7 Å². The molecule has 0 radical (unpaired) electrons. The molecule has 3 rings (SSSR count). The van der Waals surface area contributed by atoms with Crippen molar-refractivity contribution in [1.29, 1.82) is 0 Å². The van der Waals surface area contributed by atoms with Crippen LogP contribution in [0.5, 0.6) is 0 Å². The molecule has 18 heavy (non-hydrogen) atoms. The van der Waals surface area contributed by atoms with E-state index in [0.717, 1.165) is 16.8 Å². The molecule has 0 atom stereocenters. The number of benzene rings is 2. The van der Waals surface area contributed by atoms with Gasteiger partial charge in [0.05, 0.1) is 5.69 Å². The maximum atomic E-state index is 4.34. The molecule has 0 saturated heterocycles. The molecule has 0 amide bonds. The van der Waals surface area contributed by atoms with Crippen LogP contribution >= 0.6 is 0 Å². The lowest BCUT2D eigenvalue weighted by Crippen LogP contribution is -1.89. The van der Waals surface area contributed by atoms with Crippen LogP contribution in [0.15, 0.2) is 73.4 Å². The quantitative estimate of drug-likeness (QED) is 0.641. The Balaban J connectivity index is 2.07. The minimum atomic E-state index is 0.924. The van der Waals surface area contributed by atoms with E-state index in [0.29, 0.717) is 0 Å². The zero-order chi connectivity index (χ0) is 12.4. The van der Waals surface area contributed by atoms with Crippen molar-refractivity contribution in [2.24, 2.45) is 0 Å². The van der Waals surface area contributed by atoms with Gasteiger partial charge in [-0.15, -0.1) is 0 Å². The lowest BCUT2D eigenvalue weighted by Gasteiger charge is -2.06. The molecule has 0 spiro atoms. The third kappa shape index (κ3) is 1.91. The van der Waals surface area contributed by atoms with E-state index in [1.54, 1.807) is 6.20 Å². The predicted molar refractivity (Wildman–Crippen MR) is 76.3 cm³/mol. The predicted octanol–water partition coefficient (Wildman–Crippen LogP) is 4.30. The Hall–Kier alpha value is -2.41. The highest BCUT2D eigenvalue weighted by Gasteiger charge is 2.03. The summed E-state index contributed by atoms with van der Waals surface area (Å²) in [5, 5.41) is 2.47. The van der Waals surface area contributed by atoms with Crippen LogP contribution < -0.4 is 0 Å². The highest BCUT2D eigenvalue weighted by Crippen LogP contribution is 2.23. The molecule has 0 saturated carbocycles. The summed E-state index contributed by atoms with van der Waals surface area (Å²) >= 11 is 0. The second-order valence-electron chi connectivity index (χ2n) is 4.26. The van der Waals surface area contributed by atoms with Gasteiger partial charge in [0, 0.05) is 11.8 Å². The molecular formula is C17H13N. The zero-order valence-electron chi connectivity index (χ0n) is 10.0. The Morgan fingerprint density at radius 2 is 1.61 bits per heavy atom. The lowest BCUT2D eigenvalue weighted by molar-refractivity contribution is 1.28. The fourth-order valence-electron chi connectivity index (χ4n) is 2.07. The third-order valence-electron chi connectivity index (χ3n) is 3.07. The van der Waals surface area contributed by atoms with Crippen molar-refractivity contribution in [3.8, 4) is 0 Å². The number of nitrogens with zero attached hydrogens (tertiary/aromatic N) is 1. The molecule has 0 unspecified atom stereocenters. The van der Waals surface area contributed by atoms with Gasteiger partial charge < -0.3 is 0 Å². The van der Waals surface area contributed by atoms with E-state index >= 15 is 0 Å². The van der Waals surface area contributed by atoms with Crippen LogP contribution in [0.3, 0.4) is 0 Å².